The predicted octanol–water partition coefficient (Wildman–Crippen LogP) is 16.5. The Morgan fingerprint density at radius 2 is 0.754 bits per heavy atom. The van der Waals surface area contributed by atoms with Crippen molar-refractivity contribution in [1.82, 2.24) is 15.0 Å². The summed E-state index contributed by atoms with van der Waals surface area (Å²) in [7, 11) is 0. The van der Waals surface area contributed by atoms with Crippen molar-refractivity contribution in [2.24, 2.45) is 0 Å². The minimum atomic E-state index is 0.561. The van der Waals surface area contributed by atoms with E-state index < -0.39 is 0 Å². The molecule has 0 saturated carbocycles. The monoisotopic (exact) mass is 825 g/mol. The lowest BCUT2D eigenvalue weighted by molar-refractivity contribution is 0.669. The Morgan fingerprint density at radius 1 is 0.262 bits per heavy atom. The largest absolute Gasteiger partial charge is 0.455 e. The van der Waals surface area contributed by atoms with Crippen molar-refractivity contribution in [2.45, 2.75) is 0 Å². The third kappa shape index (κ3) is 5.47. The molecule has 0 aliphatic rings. The summed E-state index contributed by atoms with van der Waals surface area (Å²) in [6.45, 7) is 0. The van der Waals surface area contributed by atoms with Crippen LogP contribution in [0.1, 0.15) is 0 Å². The summed E-state index contributed by atoms with van der Waals surface area (Å²) in [5.74, 6) is 1.76. The Hall–Kier alpha value is -8.73. The Balaban J connectivity index is 0.939. The fourth-order valence-corrected chi connectivity index (χ4v) is 10.5. The Bertz CT molecular complexity index is 4220. The third-order valence-electron chi connectivity index (χ3n) is 13.4. The van der Waals surface area contributed by atoms with Gasteiger partial charge >= 0.3 is 0 Å². The van der Waals surface area contributed by atoms with Crippen LogP contribution in [-0.2, 0) is 0 Å². The number of rotatable bonds is 5. The number of hydrogen-bond donors (Lipinski definition) is 0. The maximum absolute atomic E-state index is 6.48. The van der Waals surface area contributed by atoms with E-state index in [1.165, 1.54) is 70.2 Å². The first-order chi connectivity index (χ1) is 32.2. The molecule has 2 heterocycles. The second-order valence-corrected chi connectivity index (χ2v) is 17.0. The summed E-state index contributed by atoms with van der Waals surface area (Å²) in [6, 6.07) is 76.0. The first-order valence-corrected chi connectivity index (χ1v) is 22.1. The van der Waals surface area contributed by atoms with E-state index in [9.17, 15) is 0 Å². The minimum absolute atomic E-state index is 0.561. The van der Waals surface area contributed by atoms with Gasteiger partial charge in [0.25, 0.3) is 0 Å². The van der Waals surface area contributed by atoms with Crippen molar-refractivity contribution in [3.63, 3.8) is 0 Å². The quantitative estimate of drug-likeness (QED) is 0.162. The van der Waals surface area contributed by atoms with Crippen LogP contribution in [0.15, 0.2) is 217 Å². The van der Waals surface area contributed by atoms with E-state index in [0.717, 1.165) is 55.3 Å². The van der Waals surface area contributed by atoms with Gasteiger partial charge in [-0.1, -0.05) is 188 Å². The highest BCUT2D eigenvalue weighted by atomic mass is 16.3. The average molecular weight is 826 g/mol. The van der Waals surface area contributed by atoms with E-state index in [1.54, 1.807) is 0 Å². The van der Waals surface area contributed by atoms with Gasteiger partial charge in [0.2, 0.25) is 0 Å². The molecule has 0 spiro atoms. The number of nitrogens with zero attached hydrogens (tertiary/aromatic N) is 3. The van der Waals surface area contributed by atoms with Crippen LogP contribution in [0.3, 0.4) is 0 Å². The summed E-state index contributed by atoms with van der Waals surface area (Å²) in [4.78, 5) is 15.5. The molecule has 300 valence electrons. The molecule has 0 bridgehead atoms. The van der Waals surface area contributed by atoms with E-state index >= 15 is 0 Å². The van der Waals surface area contributed by atoms with Gasteiger partial charge in [0.1, 0.15) is 11.2 Å². The molecular formula is C61H35N3O. The van der Waals surface area contributed by atoms with Gasteiger partial charge in [-0.2, -0.15) is 0 Å². The molecule has 0 fully saturated rings. The van der Waals surface area contributed by atoms with E-state index in [2.05, 4.69) is 152 Å². The lowest BCUT2D eigenvalue weighted by atomic mass is 9.86. The second kappa shape index (κ2) is 13.9. The zero-order chi connectivity index (χ0) is 42.6. The zero-order valence-corrected chi connectivity index (χ0v) is 35.0. The lowest BCUT2D eigenvalue weighted by Crippen LogP contribution is -2.01. The van der Waals surface area contributed by atoms with Crippen molar-refractivity contribution in [3.05, 3.63) is 212 Å². The van der Waals surface area contributed by atoms with Crippen LogP contribution in [0.2, 0.25) is 0 Å². The third-order valence-corrected chi connectivity index (χ3v) is 13.4. The Labute approximate surface area is 373 Å². The van der Waals surface area contributed by atoms with Gasteiger partial charge in [-0.25, -0.2) is 15.0 Å². The molecular weight excluding hydrogens is 791 g/mol. The SMILES string of the molecule is c1ccc(-c2nc(-c3ccccc3-c3ccc(-c4cc5ccc6cccc7c8cccc9ccc%10cccc(c(c4)c5c67)c%10c98)cc3)nc(-c3cccc4c3oc3ccccc34)n2)cc1. The number of benzene rings is 11. The smallest absolute Gasteiger partial charge is 0.167 e. The average Bonchev–Trinajstić information content (AvgIpc) is 3.76. The fourth-order valence-electron chi connectivity index (χ4n) is 10.5. The predicted molar refractivity (Wildman–Crippen MR) is 271 cm³/mol. The molecule has 12 aromatic carbocycles. The van der Waals surface area contributed by atoms with Gasteiger partial charge in [0, 0.05) is 21.9 Å². The summed E-state index contributed by atoms with van der Waals surface area (Å²) < 4.78 is 6.48. The number of fused-ring (bicyclic) bond motifs is 5. The Morgan fingerprint density at radius 3 is 1.46 bits per heavy atom. The highest BCUT2D eigenvalue weighted by Gasteiger charge is 2.20. The van der Waals surface area contributed by atoms with Crippen molar-refractivity contribution >= 4 is 86.6 Å². The summed E-state index contributed by atoms with van der Waals surface area (Å²) in [5, 5.41) is 17.4. The molecule has 0 unspecified atom stereocenters. The maximum Gasteiger partial charge on any atom is 0.167 e. The molecule has 4 nitrogen and oxygen atoms in total. The lowest BCUT2D eigenvalue weighted by Gasteiger charge is -2.17. The van der Waals surface area contributed by atoms with Crippen LogP contribution < -0.4 is 0 Å². The molecule has 0 aliphatic heterocycles. The Kier molecular flexibility index (Phi) is 7.65. The molecule has 2 aromatic heterocycles. The van der Waals surface area contributed by atoms with Crippen LogP contribution in [0, 0.1) is 0 Å². The molecule has 0 atom stereocenters. The van der Waals surface area contributed by atoms with Crippen LogP contribution in [0.4, 0.5) is 0 Å². The number of aromatic nitrogens is 3. The van der Waals surface area contributed by atoms with Crippen molar-refractivity contribution in [2.75, 3.05) is 0 Å². The van der Waals surface area contributed by atoms with Crippen LogP contribution in [0.5, 0.6) is 0 Å². The molecule has 4 heteroatoms. The topological polar surface area (TPSA) is 51.8 Å². The standard InChI is InChI=1S/C61H35N3O/c1-2-12-41(13-3-1)59-62-60(64-61(63-59)51-24-11-23-49-45-18-6-7-25-53(45)65-58(49)51)50-19-5-4-17-44(50)37-28-26-36(27-29-37)43-34-42-33-32-40-15-9-21-47-46-20-8-14-38-30-31-39-16-10-22-48(56(39)54(38)46)52(35-43)57(42)55(40)47/h1-35H. The van der Waals surface area contributed by atoms with Crippen LogP contribution in [-0.4, -0.2) is 15.0 Å². The van der Waals surface area contributed by atoms with Crippen molar-refractivity contribution in [3.8, 4) is 56.4 Å². The van der Waals surface area contributed by atoms with E-state index in [4.69, 9.17) is 19.4 Å². The molecule has 65 heavy (non-hydrogen) atoms. The van der Waals surface area contributed by atoms with Gasteiger partial charge in [-0.15, -0.1) is 0 Å². The number of furan rings is 1. The van der Waals surface area contributed by atoms with Gasteiger partial charge in [0.05, 0.1) is 5.56 Å². The normalized spacial score (nSPS) is 12.0. The molecule has 14 rings (SSSR count). The molecule has 14 aromatic rings. The van der Waals surface area contributed by atoms with Gasteiger partial charge < -0.3 is 4.42 Å². The molecule has 0 aliphatic carbocycles. The summed E-state index contributed by atoms with van der Waals surface area (Å²) >= 11 is 0. The van der Waals surface area contributed by atoms with E-state index in [0.29, 0.717) is 17.5 Å². The van der Waals surface area contributed by atoms with E-state index in [-0.39, 0.29) is 0 Å². The van der Waals surface area contributed by atoms with Gasteiger partial charge in [-0.3, -0.25) is 0 Å². The molecule has 0 radical (unpaired) electrons. The van der Waals surface area contributed by atoms with Crippen molar-refractivity contribution in [1.29, 1.82) is 0 Å². The van der Waals surface area contributed by atoms with Crippen molar-refractivity contribution < 1.29 is 4.42 Å². The fraction of sp³-hybridized carbons (Fsp3) is 0. The second-order valence-electron chi connectivity index (χ2n) is 17.0. The minimum Gasteiger partial charge on any atom is -0.455 e. The molecule has 0 saturated heterocycles. The van der Waals surface area contributed by atoms with E-state index in [1.807, 2.05) is 60.7 Å². The number of para-hydroxylation sites is 2. The highest BCUT2D eigenvalue weighted by molar-refractivity contribution is 6.37. The van der Waals surface area contributed by atoms with Crippen LogP contribution in [0.25, 0.3) is 143 Å². The van der Waals surface area contributed by atoms with Gasteiger partial charge in [-0.05, 0) is 111 Å². The van der Waals surface area contributed by atoms with Crippen LogP contribution >= 0.6 is 0 Å². The summed E-state index contributed by atoms with van der Waals surface area (Å²) in [5.41, 5.74) is 8.69. The van der Waals surface area contributed by atoms with Gasteiger partial charge in [0.15, 0.2) is 17.5 Å². The number of hydrogen-bond acceptors (Lipinski definition) is 4. The molecule has 0 N–H and O–H groups in total. The summed E-state index contributed by atoms with van der Waals surface area (Å²) in [6.07, 6.45) is 0. The maximum atomic E-state index is 6.48. The first kappa shape index (κ1) is 35.8. The highest BCUT2D eigenvalue weighted by Crippen LogP contribution is 2.45. The first-order valence-electron chi connectivity index (χ1n) is 22.1. The molecule has 0 amide bonds. The zero-order valence-electron chi connectivity index (χ0n) is 35.0.